The zero-order valence-corrected chi connectivity index (χ0v) is 15.9. The van der Waals surface area contributed by atoms with E-state index in [2.05, 4.69) is 15.5 Å². The van der Waals surface area contributed by atoms with Crippen LogP contribution in [0.3, 0.4) is 0 Å². The van der Waals surface area contributed by atoms with E-state index < -0.39 is 14.9 Å². The molecule has 11 heteroatoms. The van der Waals surface area contributed by atoms with Gasteiger partial charge in [0, 0.05) is 43.2 Å². The van der Waals surface area contributed by atoms with Crippen LogP contribution in [0.4, 0.5) is 11.4 Å². The van der Waals surface area contributed by atoms with E-state index in [-0.39, 0.29) is 42.6 Å². The van der Waals surface area contributed by atoms with Crippen LogP contribution in [0.5, 0.6) is 0 Å². The number of hydrogen-bond donors (Lipinski definition) is 1. The number of nitrogens with one attached hydrogen (secondary N) is 1. The molecular formula is C17H19N5O5S. The number of benzene rings is 1. The molecule has 1 aromatic heterocycles. The fraction of sp³-hybridized carbons (Fsp3) is 0.294. The van der Waals surface area contributed by atoms with Gasteiger partial charge >= 0.3 is 0 Å². The molecule has 1 fully saturated rings. The number of hydrogen-bond acceptors (Lipinski definition) is 8. The van der Waals surface area contributed by atoms with Crippen LogP contribution in [0.15, 0.2) is 52.7 Å². The Bertz CT molecular complexity index is 988. The Morgan fingerprint density at radius 2 is 2.07 bits per heavy atom. The number of hydrazone groups is 1. The molecule has 0 radical (unpaired) electrons. The van der Waals surface area contributed by atoms with Gasteiger partial charge in [0.15, 0.2) is 0 Å². The number of nitro groups is 1. The third kappa shape index (κ3) is 4.32. The normalized spacial score (nSPS) is 16.0. The van der Waals surface area contributed by atoms with Crippen LogP contribution in [0, 0.1) is 10.1 Å². The topological polar surface area (TPSA) is 127 Å². The van der Waals surface area contributed by atoms with Crippen LogP contribution in [0.1, 0.15) is 12.5 Å². The summed E-state index contributed by atoms with van der Waals surface area (Å²) < 4.78 is 32.5. The SMILES string of the molecule is C/C(=N/Nc1ccc([N+](=O)[O-])cc1S(=O)(=O)N1CCOCC1)c1cccnc1. The lowest BCUT2D eigenvalue weighted by molar-refractivity contribution is -0.385. The molecule has 1 aliphatic rings. The van der Waals surface area contributed by atoms with E-state index in [0.717, 1.165) is 11.6 Å². The van der Waals surface area contributed by atoms with E-state index in [1.54, 1.807) is 25.4 Å². The maximum absolute atomic E-state index is 13.0. The molecule has 28 heavy (non-hydrogen) atoms. The Morgan fingerprint density at radius 1 is 1.32 bits per heavy atom. The predicted molar refractivity (Wildman–Crippen MR) is 103 cm³/mol. The first-order valence-corrected chi connectivity index (χ1v) is 9.90. The summed E-state index contributed by atoms with van der Waals surface area (Å²) in [5, 5.41) is 15.3. The van der Waals surface area contributed by atoms with Gasteiger partial charge in [-0.1, -0.05) is 6.07 Å². The fourth-order valence-electron chi connectivity index (χ4n) is 2.64. The van der Waals surface area contributed by atoms with Gasteiger partial charge in [0.25, 0.3) is 5.69 Å². The number of sulfonamides is 1. The first-order chi connectivity index (χ1) is 13.4. The molecule has 0 bridgehead atoms. The number of nitrogens with zero attached hydrogens (tertiary/aromatic N) is 4. The number of anilines is 1. The van der Waals surface area contributed by atoms with Crippen molar-refractivity contribution >= 4 is 27.1 Å². The minimum Gasteiger partial charge on any atom is -0.379 e. The molecule has 1 saturated heterocycles. The third-order valence-electron chi connectivity index (χ3n) is 4.19. The average molecular weight is 405 g/mol. The first-order valence-electron chi connectivity index (χ1n) is 8.46. The monoisotopic (exact) mass is 405 g/mol. The van der Waals surface area contributed by atoms with E-state index in [0.29, 0.717) is 5.71 Å². The standard InChI is InChI=1S/C17H19N5O5S/c1-13(14-3-2-6-18-12-14)19-20-16-5-4-15(22(23)24)11-17(16)28(25,26)21-7-9-27-10-8-21/h2-6,11-12,20H,7-10H2,1H3/b19-13-. The maximum Gasteiger partial charge on any atom is 0.270 e. The quantitative estimate of drug-likeness (QED) is 0.441. The predicted octanol–water partition coefficient (Wildman–Crippen LogP) is 1.85. The molecule has 0 saturated carbocycles. The van der Waals surface area contributed by atoms with Crippen molar-refractivity contribution in [3.63, 3.8) is 0 Å². The van der Waals surface area contributed by atoms with Gasteiger partial charge < -0.3 is 4.74 Å². The van der Waals surface area contributed by atoms with Crippen molar-refractivity contribution in [1.29, 1.82) is 0 Å². The second-order valence-corrected chi connectivity index (χ2v) is 7.91. The van der Waals surface area contributed by atoms with E-state index in [1.807, 2.05) is 6.07 Å². The molecule has 0 spiro atoms. The summed E-state index contributed by atoms with van der Waals surface area (Å²) in [6.45, 7) is 2.65. The summed E-state index contributed by atoms with van der Waals surface area (Å²) in [6, 6.07) is 7.19. The number of aromatic nitrogens is 1. The summed E-state index contributed by atoms with van der Waals surface area (Å²) in [5.41, 5.74) is 3.91. The molecule has 0 atom stereocenters. The van der Waals surface area contributed by atoms with Gasteiger partial charge in [-0.2, -0.15) is 9.41 Å². The largest absolute Gasteiger partial charge is 0.379 e. The lowest BCUT2D eigenvalue weighted by Gasteiger charge is -2.26. The molecule has 148 valence electrons. The van der Waals surface area contributed by atoms with Gasteiger partial charge in [0.05, 0.1) is 29.5 Å². The number of morpholine rings is 1. The highest BCUT2D eigenvalue weighted by molar-refractivity contribution is 7.89. The molecule has 0 unspecified atom stereocenters. The molecule has 2 heterocycles. The summed E-state index contributed by atoms with van der Waals surface area (Å²) >= 11 is 0. The molecule has 0 aliphatic carbocycles. The van der Waals surface area contributed by atoms with Crippen molar-refractivity contribution in [1.82, 2.24) is 9.29 Å². The van der Waals surface area contributed by atoms with Gasteiger partial charge in [-0.15, -0.1) is 0 Å². The summed E-state index contributed by atoms with van der Waals surface area (Å²) in [7, 11) is -3.96. The maximum atomic E-state index is 13.0. The van der Waals surface area contributed by atoms with Crippen LogP contribution in [0.2, 0.25) is 0 Å². The zero-order valence-electron chi connectivity index (χ0n) is 15.1. The van der Waals surface area contributed by atoms with Crippen molar-refractivity contribution in [2.75, 3.05) is 31.7 Å². The van der Waals surface area contributed by atoms with Crippen LogP contribution in [-0.2, 0) is 14.8 Å². The Kier molecular flexibility index (Phi) is 5.97. The molecule has 1 aliphatic heterocycles. The second-order valence-electron chi connectivity index (χ2n) is 6.00. The van der Waals surface area contributed by atoms with E-state index in [9.17, 15) is 18.5 Å². The summed E-state index contributed by atoms with van der Waals surface area (Å²) in [6.07, 6.45) is 3.26. The number of nitro benzene ring substituents is 1. The number of non-ortho nitro benzene ring substituents is 1. The lowest BCUT2D eigenvalue weighted by atomic mass is 10.2. The average Bonchev–Trinajstić information content (AvgIpc) is 2.73. The number of ether oxygens (including phenoxy) is 1. The van der Waals surface area contributed by atoms with Crippen molar-refractivity contribution < 1.29 is 18.1 Å². The Labute approximate surface area is 162 Å². The molecule has 3 rings (SSSR count). The number of rotatable bonds is 6. The van der Waals surface area contributed by atoms with Crippen molar-refractivity contribution in [2.45, 2.75) is 11.8 Å². The first kappa shape index (κ1) is 19.9. The van der Waals surface area contributed by atoms with Crippen LogP contribution >= 0.6 is 0 Å². The zero-order chi connectivity index (χ0) is 20.1. The van der Waals surface area contributed by atoms with Crippen LogP contribution in [-0.4, -0.2) is 54.6 Å². The van der Waals surface area contributed by atoms with Crippen molar-refractivity contribution in [2.24, 2.45) is 5.10 Å². The van der Waals surface area contributed by atoms with Gasteiger partial charge in [-0.3, -0.25) is 20.5 Å². The minimum atomic E-state index is -3.96. The van der Waals surface area contributed by atoms with E-state index in [4.69, 9.17) is 4.74 Å². The second kappa shape index (κ2) is 8.42. The highest BCUT2D eigenvalue weighted by Crippen LogP contribution is 2.29. The van der Waals surface area contributed by atoms with E-state index >= 15 is 0 Å². The molecule has 2 aromatic rings. The van der Waals surface area contributed by atoms with Gasteiger partial charge in [0.2, 0.25) is 10.0 Å². The smallest absolute Gasteiger partial charge is 0.270 e. The Morgan fingerprint density at radius 3 is 2.71 bits per heavy atom. The highest BCUT2D eigenvalue weighted by atomic mass is 32.2. The lowest BCUT2D eigenvalue weighted by Crippen LogP contribution is -2.40. The van der Waals surface area contributed by atoms with E-state index in [1.165, 1.54) is 16.4 Å². The minimum absolute atomic E-state index is 0.153. The van der Waals surface area contributed by atoms with Crippen LogP contribution in [0.25, 0.3) is 0 Å². The van der Waals surface area contributed by atoms with Gasteiger partial charge in [-0.05, 0) is 19.1 Å². The van der Waals surface area contributed by atoms with Gasteiger partial charge in [0.1, 0.15) is 4.90 Å². The number of pyridine rings is 1. The van der Waals surface area contributed by atoms with Gasteiger partial charge in [-0.25, -0.2) is 8.42 Å². The highest BCUT2D eigenvalue weighted by Gasteiger charge is 2.30. The Hall–Kier alpha value is -2.89. The molecular weight excluding hydrogens is 386 g/mol. The van der Waals surface area contributed by atoms with Crippen LogP contribution < -0.4 is 5.43 Å². The molecule has 0 amide bonds. The molecule has 1 aromatic carbocycles. The Balaban J connectivity index is 1.98. The molecule has 1 N–H and O–H groups in total. The molecule has 10 nitrogen and oxygen atoms in total. The summed E-state index contributed by atoms with van der Waals surface area (Å²) in [4.78, 5) is 14.3. The third-order valence-corrected chi connectivity index (χ3v) is 6.13. The fourth-order valence-corrected chi connectivity index (χ4v) is 4.21. The van der Waals surface area contributed by atoms with Crippen molar-refractivity contribution in [3.05, 3.63) is 58.4 Å². The van der Waals surface area contributed by atoms with Crippen molar-refractivity contribution in [3.8, 4) is 0 Å². The summed E-state index contributed by atoms with van der Waals surface area (Å²) in [5.74, 6) is 0.